The first-order valence-electron chi connectivity index (χ1n) is 7.49. The van der Waals surface area contributed by atoms with Crippen LogP contribution in [0.25, 0.3) is 0 Å². The predicted octanol–water partition coefficient (Wildman–Crippen LogP) is 3.01. The Hall–Kier alpha value is -1.47. The minimum Gasteiger partial charge on any atom is -0.258 e. The highest BCUT2D eigenvalue weighted by molar-refractivity contribution is 7.89. The molecule has 3 atom stereocenters. The second kappa shape index (κ2) is 6.34. The number of nitrogens with zero attached hydrogens (tertiary/aromatic N) is 1. The second-order valence-electron chi connectivity index (χ2n) is 6.20. The maximum Gasteiger partial charge on any atom is 0.273 e. The van der Waals surface area contributed by atoms with Crippen LogP contribution in [0.3, 0.4) is 0 Å². The number of benzene rings is 1. The fourth-order valence-electron chi connectivity index (χ4n) is 2.97. The van der Waals surface area contributed by atoms with E-state index < -0.39 is 14.9 Å². The summed E-state index contributed by atoms with van der Waals surface area (Å²) in [7, 11) is -3.74. The molecule has 0 unspecified atom stereocenters. The van der Waals surface area contributed by atoms with Crippen molar-refractivity contribution >= 4 is 15.7 Å². The normalized spacial score (nSPS) is 25.9. The summed E-state index contributed by atoms with van der Waals surface area (Å²) in [6.07, 6.45) is 2.90. The van der Waals surface area contributed by atoms with Crippen LogP contribution < -0.4 is 4.72 Å². The van der Waals surface area contributed by atoms with Gasteiger partial charge < -0.3 is 0 Å². The zero-order chi connectivity index (χ0) is 16.5. The van der Waals surface area contributed by atoms with E-state index in [0.717, 1.165) is 25.3 Å². The van der Waals surface area contributed by atoms with Gasteiger partial charge >= 0.3 is 0 Å². The number of nitro benzene ring substituents is 1. The smallest absolute Gasteiger partial charge is 0.258 e. The van der Waals surface area contributed by atoms with Gasteiger partial charge in [0.05, 0.1) is 9.82 Å². The van der Waals surface area contributed by atoms with Gasteiger partial charge in [0.2, 0.25) is 10.0 Å². The Morgan fingerprint density at radius 2 is 1.95 bits per heavy atom. The number of nitro groups is 1. The molecule has 0 amide bonds. The molecule has 1 aliphatic rings. The first kappa shape index (κ1) is 16.9. The zero-order valence-electron chi connectivity index (χ0n) is 13.1. The van der Waals surface area contributed by atoms with Crippen molar-refractivity contribution in [2.75, 3.05) is 0 Å². The van der Waals surface area contributed by atoms with E-state index in [9.17, 15) is 18.5 Å². The van der Waals surface area contributed by atoms with E-state index in [1.165, 1.54) is 12.1 Å². The molecule has 0 saturated heterocycles. The monoisotopic (exact) mass is 326 g/mol. The molecule has 0 bridgehead atoms. The molecule has 2 rings (SSSR count). The number of rotatable bonds is 4. The summed E-state index contributed by atoms with van der Waals surface area (Å²) < 4.78 is 27.7. The summed E-state index contributed by atoms with van der Waals surface area (Å²) in [4.78, 5) is 10.4. The van der Waals surface area contributed by atoms with Crippen molar-refractivity contribution in [1.29, 1.82) is 0 Å². The van der Waals surface area contributed by atoms with Gasteiger partial charge in [-0.2, -0.15) is 0 Å². The lowest BCUT2D eigenvalue weighted by atomic mass is 9.78. The predicted molar refractivity (Wildman–Crippen MR) is 84.1 cm³/mol. The summed E-state index contributed by atoms with van der Waals surface area (Å²) in [5.74, 6) is 0.720. The molecule has 1 aromatic carbocycles. The lowest BCUT2D eigenvalue weighted by molar-refractivity contribution is -0.385. The van der Waals surface area contributed by atoms with E-state index in [1.807, 2.05) is 0 Å². The molecule has 0 spiro atoms. The van der Waals surface area contributed by atoms with Crippen LogP contribution >= 0.6 is 0 Å². The van der Waals surface area contributed by atoms with Crippen LogP contribution in [-0.4, -0.2) is 19.4 Å². The van der Waals surface area contributed by atoms with E-state index in [4.69, 9.17) is 0 Å². The Morgan fingerprint density at radius 1 is 1.27 bits per heavy atom. The van der Waals surface area contributed by atoms with Gasteiger partial charge in [0, 0.05) is 17.7 Å². The fourth-order valence-corrected chi connectivity index (χ4v) is 4.35. The highest BCUT2D eigenvalue weighted by Crippen LogP contribution is 2.31. The maximum absolute atomic E-state index is 12.5. The lowest BCUT2D eigenvalue weighted by Gasteiger charge is -2.34. The first-order valence-corrected chi connectivity index (χ1v) is 8.98. The first-order chi connectivity index (χ1) is 10.2. The van der Waals surface area contributed by atoms with Gasteiger partial charge in [0.15, 0.2) is 0 Å². The van der Waals surface area contributed by atoms with Gasteiger partial charge in [-0.05, 0) is 31.2 Å². The van der Waals surface area contributed by atoms with Crippen molar-refractivity contribution in [2.45, 2.75) is 51.0 Å². The summed E-state index contributed by atoms with van der Waals surface area (Å²) in [5, 5.41) is 11.0. The molecule has 0 aliphatic heterocycles. The average Bonchev–Trinajstić information content (AvgIpc) is 2.43. The van der Waals surface area contributed by atoms with Gasteiger partial charge in [0.25, 0.3) is 5.69 Å². The third kappa shape index (κ3) is 3.47. The summed E-state index contributed by atoms with van der Waals surface area (Å²) in [6, 6.07) is 3.91. The van der Waals surface area contributed by atoms with E-state index >= 15 is 0 Å². The van der Waals surface area contributed by atoms with Gasteiger partial charge in [-0.15, -0.1) is 0 Å². The Kier molecular flexibility index (Phi) is 4.87. The van der Waals surface area contributed by atoms with Gasteiger partial charge in [0.1, 0.15) is 0 Å². The van der Waals surface area contributed by atoms with E-state index in [1.54, 1.807) is 6.92 Å². The molecule has 1 fully saturated rings. The minimum atomic E-state index is -3.74. The molecule has 0 aromatic heterocycles. The quantitative estimate of drug-likeness (QED) is 0.680. The van der Waals surface area contributed by atoms with Crippen LogP contribution in [-0.2, 0) is 10.0 Å². The van der Waals surface area contributed by atoms with Crippen molar-refractivity contribution in [3.63, 3.8) is 0 Å². The zero-order valence-corrected chi connectivity index (χ0v) is 13.9. The van der Waals surface area contributed by atoms with E-state index in [2.05, 4.69) is 18.6 Å². The highest BCUT2D eigenvalue weighted by Gasteiger charge is 2.31. The largest absolute Gasteiger partial charge is 0.273 e. The molecule has 22 heavy (non-hydrogen) atoms. The van der Waals surface area contributed by atoms with Gasteiger partial charge in [-0.25, -0.2) is 13.1 Å². The molecule has 0 radical (unpaired) electrons. The Labute approximate surface area is 131 Å². The van der Waals surface area contributed by atoms with Crippen molar-refractivity contribution in [2.24, 2.45) is 11.8 Å². The maximum atomic E-state index is 12.5. The molecule has 6 nitrogen and oxygen atoms in total. The summed E-state index contributed by atoms with van der Waals surface area (Å²) in [6.45, 7) is 5.77. The van der Waals surface area contributed by atoms with E-state index in [0.29, 0.717) is 11.5 Å². The third-order valence-corrected chi connectivity index (χ3v) is 6.19. The molecule has 1 aliphatic carbocycles. The molecule has 0 heterocycles. The topological polar surface area (TPSA) is 89.3 Å². The van der Waals surface area contributed by atoms with Crippen LogP contribution in [0, 0.1) is 28.9 Å². The number of sulfonamides is 1. The second-order valence-corrected chi connectivity index (χ2v) is 7.91. The SMILES string of the molecule is Cc1ccc(S(=O)(=O)N[C@@H]2CCC[C@@H](C)[C@@H]2C)cc1[N+](=O)[O-]. The molecule has 1 aromatic rings. The Bertz CT molecular complexity index is 672. The molecule has 7 heteroatoms. The van der Waals surface area contributed by atoms with Gasteiger partial charge in [-0.1, -0.05) is 32.8 Å². The Morgan fingerprint density at radius 3 is 2.59 bits per heavy atom. The van der Waals surface area contributed by atoms with Crippen molar-refractivity contribution < 1.29 is 13.3 Å². The average molecular weight is 326 g/mol. The minimum absolute atomic E-state index is 0.0461. The van der Waals surface area contributed by atoms with Gasteiger partial charge in [-0.3, -0.25) is 10.1 Å². The fraction of sp³-hybridized carbons (Fsp3) is 0.600. The van der Waals surface area contributed by atoms with E-state index in [-0.39, 0.29) is 22.5 Å². The summed E-state index contributed by atoms with van der Waals surface area (Å²) in [5.41, 5.74) is 0.275. The molecule has 1 N–H and O–H groups in total. The number of aryl methyl sites for hydroxylation is 1. The molecular formula is C15H22N2O4S. The van der Waals surface area contributed by atoms with Crippen molar-refractivity contribution in [1.82, 2.24) is 4.72 Å². The highest BCUT2D eigenvalue weighted by atomic mass is 32.2. The number of hydrogen-bond donors (Lipinski definition) is 1. The van der Waals surface area contributed by atoms with Crippen LogP contribution in [0.2, 0.25) is 0 Å². The Balaban J connectivity index is 2.27. The van der Waals surface area contributed by atoms with Crippen LogP contribution in [0.15, 0.2) is 23.1 Å². The van der Waals surface area contributed by atoms with Crippen LogP contribution in [0.4, 0.5) is 5.69 Å². The standard InChI is InChI=1S/C15H22N2O4S/c1-10-5-4-6-14(12(10)3)16-22(20,21)13-8-7-11(2)15(9-13)17(18)19/h7-10,12,14,16H,4-6H2,1-3H3/t10-,12+,14-/m1/s1. The van der Waals surface area contributed by atoms with Crippen LogP contribution in [0.1, 0.15) is 38.7 Å². The third-order valence-electron chi connectivity index (χ3n) is 4.70. The summed E-state index contributed by atoms with van der Waals surface area (Å²) >= 11 is 0. The number of nitrogens with one attached hydrogen (secondary N) is 1. The molecule has 1 saturated carbocycles. The van der Waals surface area contributed by atoms with Crippen LogP contribution in [0.5, 0.6) is 0 Å². The van der Waals surface area contributed by atoms with Crippen molar-refractivity contribution in [3.8, 4) is 0 Å². The molecule has 122 valence electrons. The number of hydrogen-bond acceptors (Lipinski definition) is 4. The molecular weight excluding hydrogens is 304 g/mol. The lowest BCUT2D eigenvalue weighted by Crippen LogP contribution is -2.43. The van der Waals surface area contributed by atoms with Crippen molar-refractivity contribution in [3.05, 3.63) is 33.9 Å².